The van der Waals surface area contributed by atoms with Gasteiger partial charge in [-0.15, -0.1) is 0 Å². The van der Waals surface area contributed by atoms with Crippen LogP contribution in [0.25, 0.3) is 0 Å². The fourth-order valence-electron chi connectivity index (χ4n) is 2.74. The Morgan fingerprint density at radius 1 is 1.30 bits per heavy atom. The molecule has 1 heterocycles. The van der Waals surface area contributed by atoms with E-state index in [1.165, 1.54) is 5.69 Å². The molecule has 0 unspecified atom stereocenters. The first-order valence-corrected chi connectivity index (χ1v) is 8.71. The molecule has 0 spiro atoms. The lowest BCUT2D eigenvalue weighted by Crippen LogP contribution is -2.46. The maximum atomic E-state index is 6.07. The van der Waals surface area contributed by atoms with Crippen LogP contribution in [0.2, 0.25) is 5.02 Å². The predicted molar refractivity (Wildman–Crippen MR) is 99.5 cm³/mol. The summed E-state index contributed by atoms with van der Waals surface area (Å²) >= 11 is 6.07. The minimum absolute atomic E-state index is 0.332. The summed E-state index contributed by atoms with van der Waals surface area (Å²) in [6.45, 7) is 10.2. The van der Waals surface area contributed by atoms with Crippen LogP contribution in [-0.2, 0) is 0 Å². The highest BCUT2D eigenvalue weighted by Gasteiger charge is 2.16. The maximum absolute atomic E-state index is 6.07. The molecule has 1 aliphatic heterocycles. The third kappa shape index (κ3) is 6.28. The number of halogens is 1. The molecule has 1 saturated heterocycles. The number of anilines is 1. The van der Waals surface area contributed by atoms with Gasteiger partial charge in [-0.05, 0) is 38.5 Å². The molecule has 23 heavy (non-hydrogen) atoms. The smallest absolute Gasteiger partial charge is 0.188 e. The van der Waals surface area contributed by atoms with Gasteiger partial charge in [-0.3, -0.25) is 9.89 Å². The number of aliphatic imine (C=N–C) groups is 1. The molecule has 128 valence electrons. The van der Waals surface area contributed by atoms with Crippen molar-refractivity contribution < 1.29 is 0 Å². The molecule has 6 heteroatoms. The summed E-state index contributed by atoms with van der Waals surface area (Å²) in [5, 5.41) is 3.91. The van der Waals surface area contributed by atoms with Crippen LogP contribution in [0.4, 0.5) is 5.69 Å². The van der Waals surface area contributed by atoms with E-state index in [-0.39, 0.29) is 0 Å². The van der Waals surface area contributed by atoms with Crippen LogP contribution in [-0.4, -0.2) is 56.2 Å². The van der Waals surface area contributed by atoms with E-state index in [0.717, 1.165) is 50.7 Å². The van der Waals surface area contributed by atoms with Crippen molar-refractivity contribution in [2.45, 2.75) is 26.3 Å². The minimum atomic E-state index is 0.332. The Labute approximate surface area is 144 Å². The first-order chi connectivity index (χ1) is 11.0. The van der Waals surface area contributed by atoms with E-state index in [0.29, 0.717) is 12.0 Å². The molecule has 1 aromatic rings. The first kappa shape index (κ1) is 17.9. The van der Waals surface area contributed by atoms with E-state index in [9.17, 15) is 0 Å². The average molecular weight is 338 g/mol. The van der Waals surface area contributed by atoms with Crippen LogP contribution in [0, 0.1) is 0 Å². The summed E-state index contributed by atoms with van der Waals surface area (Å²) in [5.74, 6) is 0.547. The number of benzene rings is 1. The second kappa shape index (κ2) is 8.99. The largest absolute Gasteiger partial charge is 0.370 e. The van der Waals surface area contributed by atoms with Gasteiger partial charge in [0.05, 0.1) is 0 Å². The average Bonchev–Trinajstić information content (AvgIpc) is 2.51. The molecule has 0 saturated carbocycles. The number of nitrogens with one attached hydrogen (secondary N) is 1. The molecule has 1 fully saturated rings. The summed E-state index contributed by atoms with van der Waals surface area (Å²) in [6, 6.07) is 8.43. The number of nitrogens with zero attached hydrogens (tertiary/aromatic N) is 3. The highest BCUT2D eigenvalue weighted by atomic mass is 35.5. The Kier molecular flexibility index (Phi) is 6.99. The maximum Gasteiger partial charge on any atom is 0.188 e. The van der Waals surface area contributed by atoms with Crippen LogP contribution in [0.1, 0.15) is 20.3 Å². The topological polar surface area (TPSA) is 56.9 Å². The number of nitrogens with two attached hydrogens (primary N) is 1. The number of hydrogen-bond donors (Lipinski definition) is 2. The summed E-state index contributed by atoms with van der Waals surface area (Å²) < 4.78 is 0. The lowest BCUT2D eigenvalue weighted by atomic mass is 10.2. The molecule has 5 nitrogen and oxygen atoms in total. The Hall–Kier alpha value is -1.46. The molecule has 3 N–H and O–H groups in total. The molecule has 0 aromatic heterocycles. The highest BCUT2D eigenvalue weighted by Crippen LogP contribution is 2.20. The van der Waals surface area contributed by atoms with Gasteiger partial charge in [0.25, 0.3) is 0 Å². The normalized spacial score (nSPS) is 16.9. The van der Waals surface area contributed by atoms with Crippen LogP contribution in [0.3, 0.4) is 0 Å². The molecule has 2 rings (SSSR count). The van der Waals surface area contributed by atoms with Crippen molar-refractivity contribution >= 4 is 23.2 Å². The molecule has 0 aliphatic carbocycles. The van der Waals surface area contributed by atoms with Crippen molar-refractivity contribution in [3.63, 3.8) is 0 Å². The molecule has 1 aromatic carbocycles. The number of guanidine groups is 1. The molecule has 0 radical (unpaired) electrons. The van der Waals surface area contributed by atoms with E-state index in [4.69, 9.17) is 17.3 Å². The monoisotopic (exact) mass is 337 g/mol. The third-order valence-corrected chi connectivity index (χ3v) is 4.13. The summed E-state index contributed by atoms with van der Waals surface area (Å²) in [5.41, 5.74) is 7.01. The van der Waals surface area contributed by atoms with E-state index >= 15 is 0 Å². The van der Waals surface area contributed by atoms with Crippen molar-refractivity contribution in [1.82, 2.24) is 10.2 Å². The first-order valence-electron chi connectivity index (χ1n) is 8.34. The summed E-state index contributed by atoms with van der Waals surface area (Å²) in [4.78, 5) is 9.24. The Morgan fingerprint density at radius 2 is 2.04 bits per heavy atom. The fourth-order valence-corrected chi connectivity index (χ4v) is 2.92. The quantitative estimate of drug-likeness (QED) is 0.474. The molecular weight excluding hydrogens is 310 g/mol. The molecular formula is C17H28ClN5. The number of rotatable bonds is 6. The second-order valence-electron chi connectivity index (χ2n) is 6.23. The van der Waals surface area contributed by atoms with Crippen molar-refractivity contribution in [3.05, 3.63) is 29.3 Å². The lowest BCUT2D eigenvalue weighted by Gasteiger charge is -2.36. The van der Waals surface area contributed by atoms with Crippen LogP contribution in [0.15, 0.2) is 29.3 Å². The van der Waals surface area contributed by atoms with E-state index in [1.807, 2.05) is 18.2 Å². The minimum Gasteiger partial charge on any atom is -0.370 e. The fraction of sp³-hybridized carbons (Fsp3) is 0.588. The van der Waals surface area contributed by atoms with Gasteiger partial charge in [0.15, 0.2) is 5.96 Å². The summed E-state index contributed by atoms with van der Waals surface area (Å²) in [6.07, 6.45) is 1.04. The van der Waals surface area contributed by atoms with Gasteiger partial charge >= 0.3 is 0 Å². The van der Waals surface area contributed by atoms with Crippen molar-refractivity contribution in [3.8, 4) is 0 Å². The zero-order chi connectivity index (χ0) is 16.7. The van der Waals surface area contributed by atoms with Crippen molar-refractivity contribution in [2.75, 3.05) is 44.2 Å². The third-order valence-electron chi connectivity index (χ3n) is 3.90. The Balaban J connectivity index is 1.67. The van der Waals surface area contributed by atoms with Crippen LogP contribution >= 0.6 is 11.6 Å². The van der Waals surface area contributed by atoms with Gasteiger partial charge in [0.1, 0.15) is 0 Å². The van der Waals surface area contributed by atoms with Gasteiger partial charge in [0, 0.05) is 56.0 Å². The molecule has 0 bridgehead atoms. The number of hydrogen-bond acceptors (Lipinski definition) is 3. The summed E-state index contributed by atoms with van der Waals surface area (Å²) in [7, 11) is 0. The Morgan fingerprint density at radius 3 is 2.70 bits per heavy atom. The van der Waals surface area contributed by atoms with Gasteiger partial charge < -0.3 is 16.0 Å². The second-order valence-corrected chi connectivity index (χ2v) is 6.66. The highest BCUT2D eigenvalue weighted by molar-refractivity contribution is 6.30. The predicted octanol–water partition coefficient (Wildman–Crippen LogP) is 2.16. The van der Waals surface area contributed by atoms with Crippen LogP contribution < -0.4 is 16.0 Å². The van der Waals surface area contributed by atoms with Gasteiger partial charge in [-0.25, -0.2) is 0 Å². The number of piperazine rings is 1. The molecule has 0 atom stereocenters. The van der Waals surface area contributed by atoms with E-state index < -0.39 is 0 Å². The standard InChI is InChI=1S/C17H28ClN5/c1-14(2)21-17(19)20-7-4-8-22-9-11-23(12-10-22)16-6-3-5-15(18)13-16/h3,5-6,13-14H,4,7-12H2,1-2H3,(H3,19,20,21). The molecule has 0 amide bonds. The SMILES string of the molecule is CC(C)NC(N)=NCCCN1CCN(c2cccc(Cl)c2)CC1. The van der Waals surface area contributed by atoms with Crippen molar-refractivity contribution in [2.24, 2.45) is 10.7 Å². The van der Waals surface area contributed by atoms with E-state index in [2.05, 4.69) is 40.0 Å². The zero-order valence-electron chi connectivity index (χ0n) is 14.1. The van der Waals surface area contributed by atoms with Gasteiger partial charge in [0.2, 0.25) is 0 Å². The van der Waals surface area contributed by atoms with Gasteiger partial charge in [-0.1, -0.05) is 17.7 Å². The lowest BCUT2D eigenvalue weighted by molar-refractivity contribution is 0.256. The van der Waals surface area contributed by atoms with Crippen molar-refractivity contribution in [1.29, 1.82) is 0 Å². The zero-order valence-corrected chi connectivity index (χ0v) is 14.9. The Bertz CT molecular complexity index is 509. The van der Waals surface area contributed by atoms with Crippen LogP contribution in [0.5, 0.6) is 0 Å². The van der Waals surface area contributed by atoms with Gasteiger partial charge in [-0.2, -0.15) is 0 Å². The van der Waals surface area contributed by atoms with E-state index in [1.54, 1.807) is 0 Å². The molecule has 1 aliphatic rings.